The average Bonchev–Trinajstić information content (AvgIpc) is 2.80. The lowest BCUT2D eigenvalue weighted by atomic mass is 10.2. The van der Waals surface area contributed by atoms with Crippen LogP contribution in [-0.2, 0) is 21.4 Å². The van der Waals surface area contributed by atoms with Crippen LogP contribution in [0.1, 0.15) is 23.8 Å². The van der Waals surface area contributed by atoms with Gasteiger partial charge in [0.25, 0.3) is 0 Å². The predicted octanol–water partition coefficient (Wildman–Crippen LogP) is 1.35. The standard InChI is InChI=1S/C12H19NO4S2/c1-3-10-6-13(4-5-17-10)19(15,16)12-9(2)8-18-11(12)7-14/h8,10,14H,3-7H2,1-2H3. The van der Waals surface area contributed by atoms with Crippen LogP contribution >= 0.6 is 11.3 Å². The second kappa shape index (κ2) is 5.88. The van der Waals surface area contributed by atoms with Crippen molar-refractivity contribution >= 4 is 21.4 Å². The summed E-state index contributed by atoms with van der Waals surface area (Å²) in [6.45, 7) is 4.69. The lowest BCUT2D eigenvalue weighted by Crippen LogP contribution is -2.45. The summed E-state index contributed by atoms with van der Waals surface area (Å²) >= 11 is 1.29. The molecule has 0 aromatic carbocycles. The highest BCUT2D eigenvalue weighted by Gasteiger charge is 2.33. The summed E-state index contributed by atoms with van der Waals surface area (Å²) in [5.74, 6) is 0. The minimum Gasteiger partial charge on any atom is -0.391 e. The zero-order valence-electron chi connectivity index (χ0n) is 11.1. The van der Waals surface area contributed by atoms with E-state index in [1.165, 1.54) is 15.6 Å². The van der Waals surface area contributed by atoms with Crippen molar-refractivity contribution in [1.29, 1.82) is 0 Å². The van der Waals surface area contributed by atoms with Gasteiger partial charge in [-0.3, -0.25) is 0 Å². The van der Waals surface area contributed by atoms with E-state index >= 15 is 0 Å². The summed E-state index contributed by atoms with van der Waals surface area (Å²) in [6, 6.07) is 0. The van der Waals surface area contributed by atoms with E-state index in [4.69, 9.17) is 4.74 Å². The average molecular weight is 305 g/mol. The first-order chi connectivity index (χ1) is 9.00. The molecule has 1 N–H and O–H groups in total. The predicted molar refractivity (Wildman–Crippen MR) is 73.8 cm³/mol. The molecule has 0 aliphatic carbocycles. The van der Waals surface area contributed by atoms with Gasteiger partial charge >= 0.3 is 0 Å². The van der Waals surface area contributed by atoms with E-state index in [1.54, 1.807) is 12.3 Å². The smallest absolute Gasteiger partial charge is 0.244 e. The maximum Gasteiger partial charge on any atom is 0.244 e. The van der Waals surface area contributed by atoms with Crippen LogP contribution in [0.2, 0.25) is 0 Å². The number of hydrogen-bond donors (Lipinski definition) is 1. The van der Waals surface area contributed by atoms with E-state index in [0.717, 1.165) is 6.42 Å². The minimum atomic E-state index is -3.53. The molecule has 5 nitrogen and oxygen atoms in total. The molecule has 0 spiro atoms. The van der Waals surface area contributed by atoms with Gasteiger partial charge in [0.15, 0.2) is 0 Å². The molecular formula is C12H19NO4S2. The molecule has 0 amide bonds. The Labute approximate surface area is 117 Å². The van der Waals surface area contributed by atoms with Crippen LogP contribution < -0.4 is 0 Å². The molecule has 1 aromatic heterocycles. The zero-order chi connectivity index (χ0) is 14.0. The van der Waals surface area contributed by atoms with Crippen LogP contribution in [0.5, 0.6) is 0 Å². The number of sulfonamides is 1. The van der Waals surface area contributed by atoms with Crippen molar-refractivity contribution in [3.8, 4) is 0 Å². The number of nitrogens with zero attached hydrogens (tertiary/aromatic N) is 1. The number of morpholine rings is 1. The van der Waals surface area contributed by atoms with E-state index in [0.29, 0.717) is 30.1 Å². The van der Waals surface area contributed by atoms with Crippen molar-refractivity contribution in [2.24, 2.45) is 0 Å². The molecule has 1 saturated heterocycles. The van der Waals surface area contributed by atoms with Crippen molar-refractivity contribution in [3.05, 3.63) is 15.8 Å². The fraction of sp³-hybridized carbons (Fsp3) is 0.667. The molecule has 1 fully saturated rings. The van der Waals surface area contributed by atoms with Gasteiger partial charge in [-0.2, -0.15) is 4.31 Å². The molecule has 2 heterocycles. The first-order valence-electron chi connectivity index (χ1n) is 6.30. The second-order valence-corrected chi connectivity index (χ2v) is 7.43. The molecule has 1 unspecified atom stereocenters. The quantitative estimate of drug-likeness (QED) is 0.912. The molecule has 19 heavy (non-hydrogen) atoms. The molecule has 1 aliphatic heterocycles. The Morgan fingerprint density at radius 1 is 1.58 bits per heavy atom. The SMILES string of the molecule is CCC1CN(S(=O)(=O)c2c(C)csc2CO)CCO1. The maximum atomic E-state index is 12.7. The molecule has 0 radical (unpaired) electrons. The Bertz CT molecular complexity index is 538. The van der Waals surface area contributed by atoms with Crippen LogP contribution in [-0.4, -0.2) is 43.6 Å². The summed E-state index contributed by atoms with van der Waals surface area (Å²) in [6.07, 6.45) is 0.752. The molecule has 108 valence electrons. The van der Waals surface area contributed by atoms with Crippen molar-refractivity contribution in [3.63, 3.8) is 0 Å². The van der Waals surface area contributed by atoms with Crippen LogP contribution in [0.15, 0.2) is 10.3 Å². The first kappa shape index (κ1) is 14.9. The number of rotatable bonds is 4. The lowest BCUT2D eigenvalue weighted by Gasteiger charge is -2.31. The Morgan fingerprint density at radius 3 is 2.95 bits per heavy atom. The summed E-state index contributed by atoms with van der Waals surface area (Å²) in [5, 5.41) is 11.1. The van der Waals surface area contributed by atoms with E-state index in [9.17, 15) is 13.5 Å². The third-order valence-corrected chi connectivity index (χ3v) is 6.60. The van der Waals surface area contributed by atoms with Crippen LogP contribution in [0.4, 0.5) is 0 Å². The molecule has 0 saturated carbocycles. The van der Waals surface area contributed by atoms with Crippen molar-refractivity contribution in [2.75, 3.05) is 19.7 Å². The van der Waals surface area contributed by atoms with Crippen molar-refractivity contribution < 1.29 is 18.3 Å². The Balaban J connectivity index is 2.34. The Morgan fingerprint density at radius 2 is 2.32 bits per heavy atom. The van der Waals surface area contributed by atoms with Gasteiger partial charge < -0.3 is 9.84 Å². The fourth-order valence-electron chi connectivity index (χ4n) is 2.23. The van der Waals surface area contributed by atoms with Gasteiger partial charge in [0, 0.05) is 13.1 Å². The molecular weight excluding hydrogens is 286 g/mol. The third kappa shape index (κ3) is 2.85. The lowest BCUT2D eigenvalue weighted by molar-refractivity contribution is -0.00280. The summed E-state index contributed by atoms with van der Waals surface area (Å²) < 4.78 is 32.3. The number of thiophene rings is 1. The molecule has 1 atom stereocenters. The minimum absolute atomic E-state index is 0.0416. The Hall–Kier alpha value is -0.470. The molecule has 1 aromatic rings. The van der Waals surface area contributed by atoms with Crippen LogP contribution in [0, 0.1) is 6.92 Å². The number of ether oxygens (including phenoxy) is 1. The van der Waals surface area contributed by atoms with Crippen LogP contribution in [0.3, 0.4) is 0 Å². The van der Waals surface area contributed by atoms with Gasteiger partial charge in [0.2, 0.25) is 10.0 Å². The van der Waals surface area contributed by atoms with Gasteiger partial charge in [-0.25, -0.2) is 8.42 Å². The fourth-order valence-corrected chi connectivity index (χ4v) is 5.30. The number of hydrogen-bond acceptors (Lipinski definition) is 5. The van der Waals surface area contributed by atoms with Gasteiger partial charge in [0.05, 0.1) is 24.2 Å². The number of aliphatic hydroxyl groups is 1. The van der Waals surface area contributed by atoms with E-state index in [2.05, 4.69) is 0 Å². The summed E-state index contributed by atoms with van der Waals surface area (Å²) in [5.41, 5.74) is 0.702. The summed E-state index contributed by atoms with van der Waals surface area (Å²) in [4.78, 5) is 0.786. The van der Waals surface area contributed by atoms with Gasteiger partial charge in [-0.05, 0) is 24.3 Å². The maximum absolute atomic E-state index is 12.7. The van der Waals surface area contributed by atoms with E-state index in [-0.39, 0.29) is 17.6 Å². The van der Waals surface area contributed by atoms with Crippen molar-refractivity contribution in [1.82, 2.24) is 4.31 Å². The number of aryl methyl sites for hydroxylation is 1. The highest BCUT2D eigenvalue weighted by molar-refractivity contribution is 7.89. The molecule has 1 aliphatic rings. The summed E-state index contributed by atoms with van der Waals surface area (Å²) in [7, 11) is -3.53. The normalized spacial score (nSPS) is 21.7. The molecule has 0 bridgehead atoms. The van der Waals surface area contributed by atoms with Crippen molar-refractivity contribution in [2.45, 2.75) is 37.9 Å². The molecule has 7 heteroatoms. The molecule has 2 rings (SSSR count). The third-order valence-electron chi connectivity index (χ3n) is 3.29. The van der Waals surface area contributed by atoms with Crippen LogP contribution in [0.25, 0.3) is 0 Å². The van der Waals surface area contributed by atoms with Gasteiger partial charge in [-0.15, -0.1) is 11.3 Å². The first-order valence-corrected chi connectivity index (χ1v) is 8.62. The topological polar surface area (TPSA) is 66.8 Å². The van der Waals surface area contributed by atoms with Gasteiger partial charge in [-0.1, -0.05) is 6.92 Å². The largest absolute Gasteiger partial charge is 0.391 e. The zero-order valence-corrected chi connectivity index (χ0v) is 12.8. The van der Waals surface area contributed by atoms with E-state index < -0.39 is 10.0 Å². The van der Waals surface area contributed by atoms with Gasteiger partial charge in [0.1, 0.15) is 4.90 Å². The number of aliphatic hydroxyl groups excluding tert-OH is 1. The Kier molecular flexibility index (Phi) is 4.62. The highest BCUT2D eigenvalue weighted by Crippen LogP contribution is 2.30. The van der Waals surface area contributed by atoms with E-state index in [1.807, 2.05) is 6.92 Å². The highest BCUT2D eigenvalue weighted by atomic mass is 32.2. The second-order valence-electron chi connectivity index (χ2n) is 4.59. The monoisotopic (exact) mass is 305 g/mol.